The van der Waals surface area contributed by atoms with Crippen molar-refractivity contribution in [3.05, 3.63) is 35.5 Å². The second-order valence-electron chi connectivity index (χ2n) is 7.01. The first-order chi connectivity index (χ1) is 13.5. The molecule has 2 aliphatic rings. The maximum Gasteiger partial charge on any atom is 0.323 e. The minimum absolute atomic E-state index is 0.0897. The summed E-state index contributed by atoms with van der Waals surface area (Å²) in [6, 6.07) is 3.84. The molecule has 1 aromatic rings. The molecule has 1 saturated carbocycles. The molecule has 7 nitrogen and oxygen atoms in total. The van der Waals surface area contributed by atoms with Gasteiger partial charge in [0.05, 0.1) is 28.8 Å². The second kappa shape index (κ2) is 9.73. The fraction of sp³-hybridized carbons (Fsp3) is 0.526. The molecule has 2 amide bonds. The van der Waals surface area contributed by atoms with Gasteiger partial charge in [0.1, 0.15) is 0 Å². The van der Waals surface area contributed by atoms with Gasteiger partial charge in [-0.3, -0.25) is 0 Å². The van der Waals surface area contributed by atoms with Gasteiger partial charge in [-0.05, 0) is 37.0 Å². The lowest BCUT2D eigenvalue weighted by atomic mass is 9.89. The van der Waals surface area contributed by atoms with E-state index in [0.717, 1.165) is 12.8 Å². The molecule has 1 aliphatic heterocycles. The van der Waals surface area contributed by atoms with Gasteiger partial charge >= 0.3 is 6.03 Å². The number of hydrogen-bond acceptors (Lipinski definition) is 4. The van der Waals surface area contributed by atoms with Crippen LogP contribution in [0, 0.1) is 5.92 Å². The summed E-state index contributed by atoms with van der Waals surface area (Å²) in [4.78, 5) is 12.3. The molecule has 0 bridgehead atoms. The molecule has 28 heavy (non-hydrogen) atoms. The third kappa shape index (κ3) is 5.47. The quantitative estimate of drug-likeness (QED) is 0.751. The summed E-state index contributed by atoms with van der Waals surface area (Å²) in [5, 5.41) is 5.55. The van der Waals surface area contributed by atoms with Crippen molar-refractivity contribution in [2.75, 3.05) is 31.6 Å². The number of allylic oxidation sites excluding steroid dienone is 1. The Bertz CT molecular complexity index is 816. The summed E-state index contributed by atoms with van der Waals surface area (Å²) in [6.07, 6.45) is 9.68. The summed E-state index contributed by atoms with van der Waals surface area (Å²) in [6.45, 7) is 1.35. The third-order valence-corrected chi connectivity index (χ3v) is 7.25. The largest absolute Gasteiger partial charge is 0.379 e. The molecule has 0 unspecified atom stereocenters. The average Bonchev–Trinajstić information content (AvgIpc) is 2.71. The van der Waals surface area contributed by atoms with Crippen LogP contribution < -0.4 is 10.6 Å². The summed E-state index contributed by atoms with van der Waals surface area (Å²) in [5.41, 5.74) is 0.250. The van der Waals surface area contributed by atoms with Gasteiger partial charge in [-0.1, -0.05) is 36.9 Å². The minimum atomic E-state index is -3.66. The Morgan fingerprint density at radius 3 is 2.61 bits per heavy atom. The van der Waals surface area contributed by atoms with Crippen molar-refractivity contribution in [3.8, 4) is 0 Å². The number of urea groups is 1. The number of anilines is 1. The second-order valence-corrected chi connectivity index (χ2v) is 9.36. The van der Waals surface area contributed by atoms with Crippen molar-refractivity contribution >= 4 is 33.3 Å². The maximum absolute atomic E-state index is 12.8. The van der Waals surface area contributed by atoms with Crippen LogP contribution in [-0.2, 0) is 14.8 Å². The van der Waals surface area contributed by atoms with Gasteiger partial charge in [0.2, 0.25) is 10.0 Å². The molecule has 3 rings (SSSR count). The lowest BCUT2D eigenvalue weighted by molar-refractivity contribution is 0.0730. The van der Waals surface area contributed by atoms with Gasteiger partial charge < -0.3 is 15.4 Å². The molecule has 154 valence electrons. The highest BCUT2D eigenvalue weighted by Crippen LogP contribution is 2.27. The van der Waals surface area contributed by atoms with E-state index in [1.165, 1.54) is 41.8 Å². The smallest absolute Gasteiger partial charge is 0.323 e. The lowest BCUT2D eigenvalue weighted by Crippen LogP contribution is -2.40. The minimum Gasteiger partial charge on any atom is -0.379 e. The van der Waals surface area contributed by atoms with Gasteiger partial charge in [-0.15, -0.1) is 0 Å². The van der Waals surface area contributed by atoms with Crippen LogP contribution >= 0.6 is 11.6 Å². The number of ether oxygens (including phenoxy) is 1. The van der Waals surface area contributed by atoms with Crippen LogP contribution in [0.25, 0.3) is 0 Å². The van der Waals surface area contributed by atoms with E-state index in [1.807, 2.05) is 6.08 Å². The molecule has 1 heterocycles. The highest BCUT2D eigenvalue weighted by molar-refractivity contribution is 7.89. The van der Waals surface area contributed by atoms with E-state index in [-0.39, 0.29) is 15.6 Å². The van der Waals surface area contributed by atoms with Crippen LogP contribution in [0.4, 0.5) is 10.5 Å². The molecule has 2 fully saturated rings. The van der Waals surface area contributed by atoms with Crippen LogP contribution in [0.2, 0.25) is 5.02 Å². The number of carbonyl (C=O) groups excluding carboxylic acids is 1. The van der Waals surface area contributed by atoms with E-state index in [4.69, 9.17) is 16.3 Å². The monoisotopic (exact) mass is 427 g/mol. The van der Waals surface area contributed by atoms with Crippen molar-refractivity contribution in [2.45, 2.75) is 37.0 Å². The van der Waals surface area contributed by atoms with Crippen LogP contribution in [0.5, 0.6) is 0 Å². The van der Waals surface area contributed by atoms with E-state index in [1.54, 1.807) is 6.20 Å². The maximum atomic E-state index is 12.8. The van der Waals surface area contributed by atoms with Crippen LogP contribution in [0.3, 0.4) is 0 Å². The number of morpholine rings is 1. The Kier molecular flexibility index (Phi) is 7.34. The molecule has 2 N–H and O–H groups in total. The highest BCUT2D eigenvalue weighted by Gasteiger charge is 2.27. The lowest BCUT2D eigenvalue weighted by Gasteiger charge is -2.26. The zero-order valence-electron chi connectivity index (χ0n) is 15.7. The van der Waals surface area contributed by atoms with E-state index in [9.17, 15) is 13.2 Å². The number of benzene rings is 1. The van der Waals surface area contributed by atoms with Gasteiger partial charge in [-0.2, -0.15) is 4.31 Å². The number of hydrogen-bond donors (Lipinski definition) is 2. The summed E-state index contributed by atoms with van der Waals surface area (Å²) in [5.74, 6) is 0.500. The topological polar surface area (TPSA) is 87.7 Å². The number of amides is 2. The van der Waals surface area contributed by atoms with E-state index < -0.39 is 16.1 Å². The van der Waals surface area contributed by atoms with E-state index in [0.29, 0.717) is 32.2 Å². The molecule has 9 heteroatoms. The molecular weight excluding hydrogens is 402 g/mol. The third-order valence-electron chi connectivity index (χ3n) is 5.03. The fourth-order valence-corrected chi connectivity index (χ4v) is 5.04. The van der Waals surface area contributed by atoms with Crippen molar-refractivity contribution in [1.82, 2.24) is 9.62 Å². The zero-order valence-corrected chi connectivity index (χ0v) is 17.3. The van der Waals surface area contributed by atoms with Crippen LogP contribution in [0.15, 0.2) is 35.4 Å². The highest BCUT2D eigenvalue weighted by atomic mass is 35.5. The molecular formula is C19H26ClN3O4S. The number of nitrogens with zero attached hydrogens (tertiary/aromatic N) is 1. The summed E-state index contributed by atoms with van der Waals surface area (Å²) >= 11 is 6.14. The van der Waals surface area contributed by atoms with Crippen molar-refractivity contribution in [1.29, 1.82) is 0 Å². The number of sulfonamides is 1. The zero-order chi connectivity index (χ0) is 20.0. The molecule has 0 atom stereocenters. The predicted molar refractivity (Wildman–Crippen MR) is 109 cm³/mol. The van der Waals surface area contributed by atoms with Gasteiger partial charge in [-0.25, -0.2) is 13.2 Å². The van der Waals surface area contributed by atoms with Gasteiger partial charge in [0.15, 0.2) is 0 Å². The number of rotatable bonds is 5. The first-order valence-electron chi connectivity index (χ1n) is 9.58. The van der Waals surface area contributed by atoms with E-state index in [2.05, 4.69) is 10.6 Å². The molecule has 0 aromatic heterocycles. The standard InChI is InChI=1S/C19H26ClN3O4S/c20-17-7-6-16(28(25,26)23-10-12-27-13-11-23)14-18(17)22-19(24)21-9-8-15-4-2-1-3-5-15/h6-9,14-15H,1-5,10-13H2,(H2,21,22,24)/b9-8+. The molecule has 0 spiro atoms. The Labute approximate surface area is 171 Å². The number of carbonyl (C=O) groups is 1. The Morgan fingerprint density at radius 1 is 1.18 bits per heavy atom. The first kappa shape index (κ1) is 21.1. The van der Waals surface area contributed by atoms with Gasteiger partial charge in [0, 0.05) is 19.3 Å². The summed E-state index contributed by atoms with van der Waals surface area (Å²) < 4.78 is 32.1. The Balaban J connectivity index is 1.64. The Morgan fingerprint density at radius 2 is 1.89 bits per heavy atom. The van der Waals surface area contributed by atoms with Gasteiger partial charge in [0.25, 0.3) is 0 Å². The average molecular weight is 428 g/mol. The van der Waals surface area contributed by atoms with Crippen molar-refractivity contribution < 1.29 is 17.9 Å². The molecule has 1 aliphatic carbocycles. The van der Waals surface area contributed by atoms with E-state index >= 15 is 0 Å². The number of halogens is 1. The Hall–Kier alpha value is -1.61. The SMILES string of the molecule is O=C(N/C=C/C1CCCCC1)Nc1cc(S(=O)(=O)N2CCOCC2)ccc1Cl. The normalized spacial score (nSPS) is 19.6. The molecule has 1 aromatic carbocycles. The fourth-order valence-electron chi connectivity index (χ4n) is 3.44. The first-order valence-corrected chi connectivity index (χ1v) is 11.4. The number of nitrogens with one attached hydrogen (secondary N) is 2. The summed E-state index contributed by atoms with van der Waals surface area (Å²) in [7, 11) is -3.66. The van der Waals surface area contributed by atoms with Crippen LogP contribution in [0.1, 0.15) is 32.1 Å². The van der Waals surface area contributed by atoms with Crippen molar-refractivity contribution in [3.63, 3.8) is 0 Å². The molecule has 0 radical (unpaired) electrons. The predicted octanol–water partition coefficient (Wildman–Crippen LogP) is 3.58. The molecule has 1 saturated heterocycles. The van der Waals surface area contributed by atoms with Crippen LogP contribution in [-0.4, -0.2) is 45.1 Å². The van der Waals surface area contributed by atoms with Crippen molar-refractivity contribution in [2.24, 2.45) is 5.92 Å².